The van der Waals surface area contributed by atoms with Gasteiger partial charge in [-0.3, -0.25) is 0 Å². The third-order valence-corrected chi connectivity index (χ3v) is 3.67. The monoisotopic (exact) mass is 328 g/mol. The van der Waals surface area contributed by atoms with E-state index in [9.17, 15) is 25.2 Å². The quantitative estimate of drug-likeness (QED) is 0.212. The smallest absolute Gasteiger partial charge is 0.342 e. The molecule has 1 aliphatic rings. The third-order valence-electron chi connectivity index (χ3n) is 3.67. The molecule has 7 N–H and O–H groups in total. The van der Waals surface area contributed by atoms with Gasteiger partial charge >= 0.3 is 5.97 Å². The van der Waals surface area contributed by atoms with Gasteiger partial charge in [0.25, 0.3) is 0 Å². The molecule has 0 aromatic heterocycles. The Hall–Kier alpha value is -1.91. The van der Waals surface area contributed by atoms with E-state index in [1.807, 2.05) is 0 Å². The van der Waals surface area contributed by atoms with Crippen LogP contribution in [0.5, 0.6) is 5.75 Å². The Labute approximate surface area is 132 Å². The molecule has 0 radical (unpaired) electrons. The lowest BCUT2D eigenvalue weighted by molar-refractivity contribution is -0.253. The maximum Gasteiger partial charge on any atom is 0.342 e. The van der Waals surface area contributed by atoms with Crippen LogP contribution < -0.4 is 11.1 Å². The number of nitrogens with one attached hydrogen (secondary N) is 1. The first-order chi connectivity index (χ1) is 10.8. The average molecular weight is 328 g/mol. The lowest BCUT2D eigenvalue weighted by Gasteiger charge is -2.40. The number of hydrogen-bond acceptors (Lipinski definition) is 9. The SMILES string of the molecule is CNC1[C@H](O)OC(COC(=O)c2cc(N)ccc2O)[C@@H](O)[C@H]1O. The summed E-state index contributed by atoms with van der Waals surface area (Å²) in [6.45, 7) is -0.418. The van der Waals surface area contributed by atoms with Crippen molar-refractivity contribution in [3.05, 3.63) is 23.8 Å². The highest BCUT2D eigenvalue weighted by Crippen LogP contribution is 2.23. The molecule has 128 valence electrons. The number of aromatic hydroxyl groups is 1. The Morgan fingerprint density at radius 3 is 2.70 bits per heavy atom. The number of carbonyl (C=O) groups is 1. The standard InChI is InChI=1S/C14H20N2O7/c1-16-10-12(19)11(18)9(23-14(10)21)5-22-13(20)7-4-6(15)2-3-8(7)17/h2-4,9-12,14,16-19,21H,5,15H2,1H3/t9?,10?,11-,12+,14-/m1/s1. The first-order valence-corrected chi connectivity index (χ1v) is 6.97. The largest absolute Gasteiger partial charge is 0.507 e. The number of ether oxygens (including phenoxy) is 2. The first-order valence-electron chi connectivity index (χ1n) is 6.97. The second-order valence-electron chi connectivity index (χ2n) is 5.24. The molecule has 5 atom stereocenters. The minimum Gasteiger partial charge on any atom is -0.507 e. The van der Waals surface area contributed by atoms with Crippen molar-refractivity contribution in [2.24, 2.45) is 0 Å². The maximum absolute atomic E-state index is 11.9. The van der Waals surface area contributed by atoms with Gasteiger partial charge in [0.15, 0.2) is 6.29 Å². The summed E-state index contributed by atoms with van der Waals surface area (Å²) in [6, 6.07) is 3.05. The van der Waals surface area contributed by atoms with E-state index in [1.165, 1.54) is 25.2 Å². The summed E-state index contributed by atoms with van der Waals surface area (Å²) in [7, 11) is 1.50. The number of nitrogen functional groups attached to an aromatic ring is 1. The summed E-state index contributed by atoms with van der Waals surface area (Å²) in [5.41, 5.74) is 5.67. The van der Waals surface area contributed by atoms with E-state index in [1.54, 1.807) is 0 Å². The van der Waals surface area contributed by atoms with Gasteiger partial charge in [0, 0.05) is 5.69 Å². The Balaban J connectivity index is 2.00. The van der Waals surface area contributed by atoms with E-state index < -0.39 is 43.2 Å². The molecule has 2 rings (SSSR count). The van der Waals surface area contributed by atoms with Crippen molar-refractivity contribution in [2.45, 2.75) is 30.6 Å². The second kappa shape index (κ2) is 7.11. The minimum absolute atomic E-state index is 0.135. The topological polar surface area (TPSA) is 154 Å². The number of esters is 1. The molecule has 1 saturated heterocycles. The van der Waals surface area contributed by atoms with Crippen LogP contribution in [0.4, 0.5) is 5.69 Å². The highest BCUT2D eigenvalue weighted by atomic mass is 16.6. The normalized spacial score (nSPS) is 30.9. The molecule has 1 aliphatic heterocycles. The summed E-state index contributed by atoms with van der Waals surface area (Å²) < 4.78 is 10.1. The molecule has 1 aromatic rings. The number of nitrogens with two attached hydrogens (primary N) is 1. The van der Waals surface area contributed by atoms with Gasteiger partial charge in [-0.05, 0) is 25.2 Å². The lowest BCUT2D eigenvalue weighted by Crippen LogP contribution is -2.62. The number of hydrogen-bond donors (Lipinski definition) is 6. The van der Waals surface area contributed by atoms with Gasteiger partial charge in [-0.15, -0.1) is 0 Å². The molecule has 2 unspecified atom stereocenters. The van der Waals surface area contributed by atoms with Crippen LogP contribution in [0.1, 0.15) is 10.4 Å². The van der Waals surface area contributed by atoms with Gasteiger partial charge in [0.05, 0.1) is 6.04 Å². The fraction of sp³-hybridized carbons (Fsp3) is 0.500. The minimum atomic E-state index is -1.37. The number of aliphatic hydroxyl groups excluding tert-OH is 3. The predicted molar refractivity (Wildman–Crippen MR) is 78.5 cm³/mol. The molecule has 1 aromatic carbocycles. The van der Waals surface area contributed by atoms with E-state index >= 15 is 0 Å². The number of benzene rings is 1. The Kier molecular flexibility index (Phi) is 5.39. The summed E-state index contributed by atoms with van der Waals surface area (Å²) in [5, 5.41) is 41.8. The highest BCUT2D eigenvalue weighted by molar-refractivity contribution is 5.93. The number of rotatable bonds is 4. The van der Waals surface area contributed by atoms with Crippen LogP contribution in [-0.2, 0) is 9.47 Å². The van der Waals surface area contributed by atoms with Crippen molar-refractivity contribution < 1.29 is 34.7 Å². The Bertz CT molecular complexity index is 568. The zero-order valence-electron chi connectivity index (χ0n) is 12.4. The van der Waals surface area contributed by atoms with Crippen LogP contribution in [0, 0.1) is 0 Å². The fourth-order valence-corrected chi connectivity index (χ4v) is 2.35. The van der Waals surface area contributed by atoms with Crippen molar-refractivity contribution in [2.75, 3.05) is 19.4 Å². The molecule has 9 nitrogen and oxygen atoms in total. The van der Waals surface area contributed by atoms with Gasteiger partial charge in [0.2, 0.25) is 0 Å². The zero-order valence-corrected chi connectivity index (χ0v) is 12.4. The van der Waals surface area contributed by atoms with Crippen LogP contribution in [0.25, 0.3) is 0 Å². The molecule has 1 heterocycles. The predicted octanol–water partition coefficient (Wildman–Crippen LogP) is -1.84. The van der Waals surface area contributed by atoms with E-state index in [-0.39, 0.29) is 17.0 Å². The molecule has 9 heteroatoms. The van der Waals surface area contributed by atoms with Crippen molar-refractivity contribution in [1.82, 2.24) is 5.32 Å². The molecule has 0 spiro atoms. The summed E-state index contributed by atoms with van der Waals surface area (Å²) in [5.74, 6) is -1.17. The highest BCUT2D eigenvalue weighted by Gasteiger charge is 2.43. The molecule has 0 aliphatic carbocycles. The molecule has 23 heavy (non-hydrogen) atoms. The lowest BCUT2D eigenvalue weighted by atomic mass is 9.97. The third kappa shape index (κ3) is 3.71. The van der Waals surface area contributed by atoms with Crippen LogP contribution >= 0.6 is 0 Å². The molecule has 0 bridgehead atoms. The van der Waals surface area contributed by atoms with Gasteiger partial charge in [-0.2, -0.15) is 0 Å². The van der Waals surface area contributed by atoms with Crippen molar-refractivity contribution in [1.29, 1.82) is 0 Å². The zero-order chi connectivity index (χ0) is 17.1. The van der Waals surface area contributed by atoms with Crippen molar-refractivity contribution >= 4 is 11.7 Å². The molecule has 1 fully saturated rings. The number of phenolic OH excluding ortho intramolecular Hbond substituents is 1. The van der Waals surface area contributed by atoms with Crippen LogP contribution in [-0.4, -0.2) is 70.7 Å². The van der Waals surface area contributed by atoms with Crippen LogP contribution in [0.2, 0.25) is 0 Å². The van der Waals surface area contributed by atoms with Crippen molar-refractivity contribution in [3.8, 4) is 5.75 Å². The van der Waals surface area contributed by atoms with Gasteiger partial charge in [-0.25, -0.2) is 4.79 Å². The summed E-state index contributed by atoms with van der Waals surface area (Å²) in [4.78, 5) is 11.9. The first kappa shape index (κ1) is 17.4. The van der Waals surface area contributed by atoms with Gasteiger partial charge in [0.1, 0.15) is 36.2 Å². The second-order valence-corrected chi connectivity index (χ2v) is 5.24. The number of carbonyl (C=O) groups excluding carboxylic acids is 1. The number of anilines is 1. The Morgan fingerprint density at radius 1 is 1.35 bits per heavy atom. The number of phenols is 1. The maximum atomic E-state index is 11.9. The van der Waals surface area contributed by atoms with E-state index in [4.69, 9.17) is 15.2 Å². The van der Waals surface area contributed by atoms with Crippen LogP contribution in [0.3, 0.4) is 0 Å². The van der Waals surface area contributed by atoms with Gasteiger partial charge < -0.3 is 41.0 Å². The molecular weight excluding hydrogens is 308 g/mol. The van der Waals surface area contributed by atoms with Crippen molar-refractivity contribution in [3.63, 3.8) is 0 Å². The van der Waals surface area contributed by atoms with Crippen LogP contribution in [0.15, 0.2) is 18.2 Å². The summed E-state index contributed by atoms with van der Waals surface area (Å²) >= 11 is 0. The Morgan fingerprint density at radius 2 is 2.04 bits per heavy atom. The average Bonchev–Trinajstić information content (AvgIpc) is 2.52. The molecular formula is C14H20N2O7. The fourth-order valence-electron chi connectivity index (χ4n) is 2.35. The molecule has 0 amide bonds. The molecule has 0 saturated carbocycles. The van der Waals surface area contributed by atoms with E-state index in [0.717, 1.165) is 0 Å². The van der Waals surface area contributed by atoms with E-state index in [0.29, 0.717) is 0 Å². The van der Waals surface area contributed by atoms with E-state index in [2.05, 4.69) is 5.32 Å². The summed E-state index contributed by atoms with van der Waals surface area (Å²) in [6.07, 6.45) is -5.15. The number of aliphatic hydroxyl groups is 3. The van der Waals surface area contributed by atoms with Gasteiger partial charge in [-0.1, -0.05) is 0 Å². The number of likely N-dealkylation sites (N-methyl/N-ethyl adjacent to an activating group) is 1.